The Labute approximate surface area is 95.5 Å². The van der Waals surface area contributed by atoms with Crippen LogP contribution >= 0.6 is 0 Å². The fourth-order valence-electron chi connectivity index (χ4n) is 1.27. The van der Waals surface area contributed by atoms with Crippen LogP contribution in [-0.4, -0.2) is 30.1 Å². The summed E-state index contributed by atoms with van der Waals surface area (Å²) in [5.74, 6) is 0. The predicted molar refractivity (Wildman–Crippen MR) is 64.8 cm³/mol. The van der Waals surface area contributed by atoms with Gasteiger partial charge in [-0.3, -0.25) is 0 Å². The third-order valence-corrected chi connectivity index (χ3v) is 6.80. The van der Waals surface area contributed by atoms with Crippen LogP contribution in [0.2, 0.25) is 6.04 Å². The maximum absolute atomic E-state index is 5.46. The van der Waals surface area contributed by atoms with Crippen molar-refractivity contribution in [2.75, 3.05) is 21.3 Å². The van der Waals surface area contributed by atoms with E-state index in [2.05, 4.69) is 34.6 Å². The fourth-order valence-corrected chi connectivity index (χ4v) is 3.82. The minimum atomic E-state index is -2.46. The normalized spacial score (nSPS) is 14.4. The second-order valence-electron chi connectivity index (χ2n) is 5.61. The second kappa shape index (κ2) is 4.95. The first-order chi connectivity index (χ1) is 6.64. The van der Waals surface area contributed by atoms with E-state index in [9.17, 15) is 0 Å². The van der Waals surface area contributed by atoms with Crippen molar-refractivity contribution in [1.29, 1.82) is 0 Å². The molecule has 0 N–H and O–H groups in total. The first kappa shape index (κ1) is 15.1. The zero-order valence-corrected chi connectivity index (χ0v) is 12.4. The van der Waals surface area contributed by atoms with E-state index < -0.39 is 8.80 Å². The Kier molecular flexibility index (Phi) is 4.98. The fraction of sp³-hybridized carbons (Fsp3) is 1.00. The van der Waals surface area contributed by atoms with Crippen LogP contribution in [0.4, 0.5) is 0 Å². The molecule has 0 bridgehead atoms. The molecule has 0 unspecified atom stereocenters. The highest BCUT2D eigenvalue weighted by Gasteiger charge is 2.47. The molecule has 0 saturated heterocycles. The van der Waals surface area contributed by atoms with Gasteiger partial charge in [0.1, 0.15) is 0 Å². The van der Waals surface area contributed by atoms with E-state index in [-0.39, 0.29) is 10.8 Å². The zero-order chi connectivity index (χ0) is 12.3. The lowest BCUT2D eigenvalue weighted by molar-refractivity contribution is 0.0780. The van der Waals surface area contributed by atoms with Crippen molar-refractivity contribution >= 4 is 8.80 Å². The molecule has 0 amide bonds. The van der Waals surface area contributed by atoms with Crippen molar-refractivity contribution in [3.8, 4) is 0 Å². The molecule has 0 spiro atoms. The van der Waals surface area contributed by atoms with E-state index in [1.165, 1.54) is 0 Å². The molecule has 0 aromatic rings. The quantitative estimate of drug-likeness (QED) is 0.685. The highest BCUT2D eigenvalue weighted by atomic mass is 28.4. The van der Waals surface area contributed by atoms with Crippen LogP contribution in [-0.2, 0) is 13.3 Å². The van der Waals surface area contributed by atoms with Crippen LogP contribution in [0, 0.1) is 10.8 Å². The summed E-state index contributed by atoms with van der Waals surface area (Å²) in [4.78, 5) is 0. The minimum Gasteiger partial charge on any atom is -0.377 e. The highest BCUT2D eigenvalue weighted by molar-refractivity contribution is 6.60. The minimum absolute atomic E-state index is 0.112. The average Bonchev–Trinajstić information content (AvgIpc) is 2.12. The summed E-state index contributed by atoms with van der Waals surface area (Å²) in [6, 6.07) is 0.826. The summed E-state index contributed by atoms with van der Waals surface area (Å²) < 4.78 is 16.4. The molecule has 15 heavy (non-hydrogen) atoms. The standard InChI is InChI=1S/C11H26O3Si/c1-10(2,3)11(4,5)9-15(12-6,13-7)14-8/h9H2,1-8H3. The van der Waals surface area contributed by atoms with Crippen LogP contribution in [0.25, 0.3) is 0 Å². The van der Waals surface area contributed by atoms with E-state index in [1.54, 1.807) is 21.3 Å². The van der Waals surface area contributed by atoms with Gasteiger partial charge in [0.2, 0.25) is 0 Å². The van der Waals surface area contributed by atoms with Gasteiger partial charge in [-0.25, -0.2) is 0 Å². The van der Waals surface area contributed by atoms with E-state index in [0.29, 0.717) is 0 Å². The molecule has 0 aromatic carbocycles. The van der Waals surface area contributed by atoms with Gasteiger partial charge in [-0.2, -0.15) is 0 Å². The average molecular weight is 234 g/mol. The molecule has 0 aliphatic rings. The van der Waals surface area contributed by atoms with E-state index in [1.807, 2.05) is 0 Å². The first-order valence-electron chi connectivity index (χ1n) is 5.29. The van der Waals surface area contributed by atoms with Gasteiger partial charge >= 0.3 is 8.80 Å². The molecule has 0 saturated carbocycles. The smallest absolute Gasteiger partial charge is 0.377 e. The summed E-state index contributed by atoms with van der Waals surface area (Å²) in [5.41, 5.74) is 0.308. The molecule has 0 radical (unpaired) electrons. The Bertz CT molecular complexity index is 184. The third-order valence-electron chi connectivity index (χ3n) is 3.62. The molecule has 0 fully saturated rings. The molecular formula is C11H26O3Si. The largest absolute Gasteiger partial charge is 0.500 e. The van der Waals surface area contributed by atoms with E-state index >= 15 is 0 Å². The van der Waals surface area contributed by atoms with Gasteiger partial charge in [-0.05, 0) is 10.8 Å². The lowest BCUT2D eigenvalue weighted by Gasteiger charge is -2.42. The molecule has 3 nitrogen and oxygen atoms in total. The van der Waals surface area contributed by atoms with Gasteiger partial charge in [-0.15, -0.1) is 0 Å². The highest BCUT2D eigenvalue weighted by Crippen LogP contribution is 2.44. The second-order valence-corrected chi connectivity index (χ2v) is 8.55. The van der Waals surface area contributed by atoms with Crippen molar-refractivity contribution in [3.63, 3.8) is 0 Å². The van der Waals surface area contributed by atoms with Gasteiger partial charge in [0, 0.05) is 27.4 Å². The lowest BCUT2D eigenvalue weighted by Crippen LogP contribution is -2.49. The van der Waals surface area contributed by atoms with Gasteiger partial charge in [0.05, 0.1) is 0 Å². The Hall–Kier alpha value is 0.0969. The number of hydrogen-bond donors (Lipinski definition) is 0. The summed E-state index contributed by atoms with van der Waals surface area (Å²) in [7, 11) is 2.53. The summed E-state index contributed by atoms with van der Waals surface area (Å²) in [6.07, 6.45) is 0. The molecule has 0 aromatic heterocycles. The van der Waals surface area contributed by atoms with Gasteiger partial charge in [0.15, 0.2) is 0 Å². The molecule has 0 atom stereocenters. The zero-order valence-electron chi connectivity index (χ0n) is 11.4. The van der Waals surface area contributed by atoms with Gasteiger partial charge < -0.3 is 13.3 Å². The summed E-state index contributed by atoms with van der Waals surface area (Å²) in [6.45, 7) is 11.1. The van der Waals surface area contributed by atoms with Crippen molar-refractivity contribution in [2.45, 2.75) is 40.7 Å². The van der Waals surface area contributed by atoms with E-state index in [4.69, 9.17) is 13.3 Å². The molecule has 0 aliphatic heterocycles. The van der Waals surface area contributed by atoms with Gasteiger partial charge in [-0.1, -0.05) is 34.6 Å². The van der Waals surface area contributed by atoms with E-state index in [0.717, 1.165) is 6.04 Å². The SMILES string of the molecule is CO[Si](CC(C)(C)C(C)(C)C)(OC)OC. The molecule has 92 valence electrons. The van der Waals surface area contributed by atoms with Crippen LogP contribution in [0.1, 0.15) is 34.6 Å². The Morgan fingerprint density at radius 1 is 0.800 bits per heavy atom. The van der Waals surface area contributed by atoms with Crippen molar-refractivity contribution in [3.05, 3.63) is 0 Å². The number of hydrogen-bond acceptors (Lipinski definition) is 3. The Balaban J connectivity index is 4.82. The van der Waals surface area contributed by atoms with Crippen LogP contribution in [0.15, 0.2) is 0 Å². The molecule has 0 aliphatic carbocycles. The van der Waals surface area contributed by atoms with Crippen LogP contribution in [0.3, 0.4) is 0 Å². The maximum atomic E-state index is 5.46. The topological polar surface area (TPSA) is 27.7 Å². The Morgan fingerprint density at radius 2 is 1.13 bits per heavy atom. The van der Waals surface area contributed by atoms with Crippen molar-refractivity contribution in [1.82, 2.24) is 0 Å². The first-order valence-corrected chi connectivity index (χ1v) is 7.23. The molecule has 0 rings (SSSR count). The summed E-state index contributed by atoms with van der Waals surface area (Å²) >= 11 is 0. The molecular weight excluding hydrogens is 208 g/mol. The maximum Gasteiger partial charge on any atom is 0.500 e. The molecule has 0 heterocycles. The van der Waals surface area contributed by atoms with Crippen molar-refractivity contribution < 1.29 is 13.3 Å². The Morgan fingerprint density at radius 3 is 1.33 bits per heavy atom. The number of rotatable bonds is 5. The summed E-state index contributed by atoms with van der Waals surface area (Å²) in [5, 5.41) is 0. The predicted octanol–water partition coefficient (Wildman–Crippen LogP) is 2.94. The van der Waals surface area contributed by atoms with Crippen molar-refractivity contribution in [2.24, 2.45) is 10.8 Å². The van der Waals surface area contributed by atoms with Crippen LogP contribution < -0.4 is 0 Å². The molecule has 4 heteroatoms. The monoisotopic (exact) mass is 234 g/mol. The lowest BCUT2D eigenvalue weighted by atomic mass is 9.71. The third kappa shape index (κ3) is 3.55. The van der Waals surface area contributed by atoms with Gasteiger partial charge in [0.25, 0.3) is 0 Å². The van der Waals surface area contributed by atoms with Crippen LogP contribution in [0.5, 0.6) is 0 Å².